The highest BCUT2D eigenvalue weighted by molar-refractivity contribution is 14.1. The Hall–Kier alpha value is -1.31. The van der Waals surface area contributed by atoms with Gasteiger partial charge in [-0.15, -0.1) is 0 Å². The number of hydrogen-bond donors (Lipinski definition) is 3. The van der Waals surface area contributed by atoms with Crippen molar-refractivity contribution < 1.29 is 4.79 Å². The molecule has 1 aromatic carbocycles. The summed E-state index contributed by atoms with van der Waals surface area (Å²) in [4.78, 5) is 12.8. The number of rotatable bonds is 1. The second kappa shape index (κ2) is 5.15. The standard InChI is InChI=1S/C10H13IN4O/c1-6-4-3-5-7(11)8(6)15(9(12)13)10(16)14-2/h3-5H,1-2H3,(H3,12,13)(H,14,16). The maximum Gasteiger partial charge on any atom is 0.328 e. The van der Waals surface area contributed by atoms with Crippen molar-refractivity contribution in [3.05, 3.63) is 27.3 Å². The molecule has 0 aliphatic rings. The number of guanidine groups is 1. The van der Waals surface area contributed by atoms with Crippen molar-refractivity contribution in [2.45, 2.75) is 6.92 Å². The lowest BCUT2D eigenvalue weighted by Gasteiger charge is -2.23. The second-order valence-electron chi connectivity index (χ2n) is 3.18. The van der Waals surface area contributed by atoms with E-state index < -0.39 is 6.03 Å². The summed E-state index contributed by atoms with van der Waals surface area (Å²) < 4.78 is 0.872. The van der Waals surface area contributed by atoms with E-state index in [0.29, 0.717) is 5.69 Å². The number of halogens is 1. The van der Waals surface area contributed by atoms with Crippen LogP contribution in [0.2, 0.25) is 0 Å². The second-order valence-corrected chi connectivity index (χ2v) is 4.34. The third-order valence-electron chi connectivity index (χ3n) is 2.07. The highest BCUT2D eigenvalue weighted by Gasteiger charge is 2.21. The van der Waals surface area contributed by atoms with Gasteiger partial charge in [0.15, 0.2) is 0 Å². The zero-order valence-corrected chi connectivity index (χ0v) is 11.2. The average molecular weight is 332 g/mol. The van der Waals surface area contributed by atoms with Gasteiger partial charge < -0.3 is 11.1 Å². The molecule has 4 N–H and O–H groups in total. The minimum absolute atomic E-state index is 0.299. The lowest BCUT2D eigenvalue weighted by molar-refractivity contribution is 0.251. The number of benzene rings is 1. The highest BCUT2D eigenvalue weighted by atomic mass is 127. The first-order chi connectivity index (χ1) is 7.49. The number of para-hydroxylation sites is 1. The Morgan fingerprint density at radius 3 is 2.62 bits per heavy atom. The summed E-state index contributed by atoms with van der Waals surface area (Å²) in [7, 11) is 1.50. The van der Waals surface area contributed by atoms with Gasteiger partial charge in [0.2, 0.25) is 5.96 Å². The van der Waals surface area contributed by atoms with Crippen molar-refractivity contribution in [2.24, 2.45) is 5.73 Å². The molecule has 16 heavy (non-hydrogen) atoms. The number of nitrogens with two attached hydrogens (primary N) is 1. The Bertz CT molecular complexity index is 413. The molecule has 0 saturated carbocycles. The number of carbonyl (C=O) groups excluding carboxylic acids is 1. The highest BCUT2D eigenvalue weighted by Crippen LogP contribution is 2.26. The van der Waals surface area contributed by atoms with Crippen molar-refractivity contribution >= 4 is 40.3 Å². The molecule has 0 aliphatic carbocycles. The van der Waals surface area contributed by atoms with Gasteiger partial charge in [0.1, 0.15) is 0 Å². The maximum atomic E-state index is 11.6. The number of hydrogen-bond acceptors (Lipinski definition) is 2. The number of nitrogens with zero attached hydrogens (tertiary/aromatic N) is 1. The van der Waals surface area contributed by atoms with E-state index in [0.717, 1.165) is 14.0 Å². The first-order valence-electron chi connectivity index (χ1n) is 4.60. The van der Waals surface area contributed by atoms with Crippen molar-refractivity contribution in [3.8, 4) is 0 Å². The van der Waals surface area contributed by atoms with Crippen LogP contribution in [0.1, 0.15) is 5.56 Å². The van der Waals surface area contributed by atoms with Crippen LogP contribution in [0.15, 0.2) is 18.2 Å². The Balaban J connectivity index is 3.32. The fourth-order valence-electron chi connectivity index (χ4n) is 1.35. The van der Waals surface area contributed by atoms with Crippen molar-refractivity contribution in [2.75, 3.05) is 11.9 Å². The van der Waals surface area contributed by atoms with E-state index in [1.807, 2.05) is 25.1 Å². The van der Waals surface area contributed by atoms with E-state index in [-0.39, 0.29) is 5.96 Å². The van der Waals surface area contributed by atoms with Crippen LogP contribution in [0.5, 0.6) is 0 Å². The quantitative estimate of drug-likeness (QED) is 0.415. The van der Waals surface area contributed by atoms with Crippen LogP contribution in [0, 0.1) is 15.9 Å². The van der Waals surface area contributed by atoms with E-state index in [2.05, 4.69) is 27.9 Å². The average Bonchev–Trinajstić information content (AvgIpc) is 2.22. The van der Waals surface area contributed by atoms with Gasteiger partial charge in [-0.2, -0.15) is 0 Å². The molecule has 0 saturated heterocycles. The summed E-state index contributed by atoms with van der Waals surface area (Å²) in [5.74, 6) is -0.299. The number of carbonyl (C=O) groups is 1. The molecule has 0 bridgehead atoms. The van der Waals surface area contributed by atoms with Crippen LogP contribution in [0.4, 0.5) is 10.5 Å². The fourth-order valence-corrected chi connectivity index (χ4v) is 2.22. The molecule has 6 heteroatoms. The Kier molecular flexibility index (Phi) is 4.11. The number of anilines is 1. The summed E-state index contributed by atoms with van der Waals surface area (Å²) >= 11 is 2.11. The molecule has 0 unspecified atom stereocenters. The first kappa shape index (κ1) is 12.8. The van der Waals surface area contributed by atoms with Crippen molar-refractivity contribution in [1.82, 2.24) is 5.32 Å². The summed E-state index contributed by atoms with van der Waals surface area (Å²) in [6.45, 7) is 1.87. The molecule has 0 fully saturated rings. The van der Waals surface area contributed by atoms with E-state index in [9.17, 15) is 4.79 Å². The van der Waals surface area contributed by atoms with Gasteiger partial charge >= 0.3 is 6.03 Å². The monoisotopic (exact) mass is 332 g/mol. The fraction of sp³-hybridized carbons (Fsp3) is 0.200. The maximum absolute atomic E-state index is 11.6. The van der Waals surface area contributed by atoms with Gasteiger partial charge in [-0.1, -0.05) is 12.1 Å². The van der Waals surface area contributed by atoms with Crippen LogP contribution < -0.4 is 16.0 Å². The molecule has 2 amide bonds. The van der Waals surface area contributed by atoms with Crippen molar-refractivity contribution in [3.63, 3.8) is 0 Å². The van der Waals surface area contributed by atoms with Gasteiger partial charge in [0, 0.05) is 10.6 Å². The van der Waals surface area contributed by atoms with E-state index in [1.54, 1.807) is 0 Å². The predicted molar refractivity (Wildman–Crippen MR) is 72.7 cm³/mol. The molecule has 0 atom stereocenters. The summed E-state index contributed by atoms with van der Waals surface area (Å²) in [6, 6.07) is 5.21. The SMILES string of the molecule is CNC(=O)N(C(=N)N)c1c(C)cccc1I. The van der Waals surface area contributed by atoms with Crippen LogP contribution in [0.25, 0.3) is 0 Å². The molecule has 0 spiro atoms. The van der Waals surface area contributed by atoms with E-state index in [4.69, 9.17) is 11.1 Å². The normalized spacial score (nSPS) is 9.69. The molecule has 86 valence electrons. The molecular formula is C10H13IN4O. The zero-order valence-electron chi connectivity index (χ0n) is 9.04. The Labute approximate surface area is 108 Å². The first-order valence-corrected chi connectivity index (χ1v) is 5.68. The van der Waals surface area contributed by atoms with Crippen molar-refractivity contribution in [1.29, 1.82) is 5.41 Å². The predicted octanol–water partition coefficient (Wildman–Crippen LogP) is 1.64. The molecule has 0 radical (unpaired) electrons. The van der Waals surface area contributed by atoms with E-state index in [1.165, 1.54) is 7.05 Å². The minimum atomic E-state index is -0.417. The minimum Gasteiger partial charge on any atom is -0.369 e. The van der Waals surface area contributed by atoms with Crippen LogP contribution in [0.3, 0.4) is 0 Å². The number of aryl methyl sites for hydroxylation is 1. The van der Waals surface area contributed by atoms with Gasteiger partial charge in [-0.05, 0) is 41.1 Å². The Morgan fingerprint density at radius 1 is 1.56 bits per heavy atom. The van der Waals surface area contributed by atoms with Gasteiger partial charge in [-0.3, -0.25) is 5.41 Å². The largest absolute Gasteiger partial charge is 0.369 e. The summed E-state index contributed by atoms with van der Waals surface area (Å²) in [6.07, 6.45) is 0. The van der Waals surface area contributed by atoms with Crippen LogP contribution in [-0.2, 0) is 0 Å². The van der Waals surface area contributed by atoms with Crippen LogP contribution >= 0.6 is 22.6 Å². The van der Waals surface area contributed by atoms with Gasteiger partial charge in [-0.25, -0.2) is 9.69 Å². The molecule has 0 aliphatic heterocycles. The lowest BCUT2D eigenvalue weighted by Crippen LogP contribution is -2.46. The third kappa shape index (κ3) is 2.43. The molecule has 1 rings (SSSR count). The summed E-state index contributed by atoms with van der Waals surface area (Å²) in [5, 5.41) is 9.92. The molecule has 5 nitrogen and oxygen atoms in total. The number of urea groups is 1. The van der Waals surface area contributed by atoms with Gasteiger partial charge in [0.05, 0.1) is 5.69 Å². The van der Waals surface area contributed by atoms with Crippen LogP contribution in [-0.4, -0.2) is 19.0 Å². The lowest BCUT2D eigenvalue weighted by atomic mass is 10.2. The molecule has 0 heterocycles. The molecule has 1 aromatic rings. The topological polar surface area (TPSA) is 82.2 Å². The number of nitrogens with one attached hydrogen (secondary N) is 2. The molecular weight excluding hydrogens is 319 g/mol. The van der Waals surface area contributed by atoms with E-state index >= 15 is 0 Å². The zero-order chi connectivity index (χ0) is 12.3. The smallest absolute Gasteiger partial charge is 0.328 e. The Morgan fingerprint density at radius 2 is 2.19 bits per heavy atom. The molecule has 0 aromatic heterocycles. The third-order valence-corrected chi connectivity index (χ3v) is 2.94. The van der Waals surface area contributed by atoms with Gasteiger partial charge in [0.25, 0.3) is 0 Å². The number of amides is 2. The summed E-state index contributed by atoms with van der Waals surface area (Å²) in [5.41, 5.74) is 6.97.